The number of rotatable bonds is 4. The summed E-state index contributed by atoms with van der Waals surface area (Å²) >= 11 is 0. The summed E-state index contributed by atoms with van der Waals surface area (Å²) < 4.78 is 4.16. The molecule has 0 amide bonds. The molecule has 0 saturated heterocycles. The minimum atomic E-state index is 0.871. The van der Waals surface area contributed by atoms with Crippen LogP contribution in [-0.2, 0) is 14.1 Å². The van der Waals surface area contributed by atoms with Gasteiger partial charge in [0.15, 0.2) is 24.8 Å². The summed E-state index contributed by atoms with van der Waals surface area (Å²) in [7, 11) is 4.10. The molecule has 238 valence electrons. The van der Waals surface area contributed by atoms with Crippen molar-refractivity contribution >= 4 is 46.4 Å². The molecule has 0 unspecified atom stereocenters. The van der Waals surface area contributed by atoms with E-state index in [1.54, 1.807) is 0 Å². The van der Waals surface area contributed by atoms with Gasteiger partial charge in [0.2, 0.25) is 0 Å². The van der Waals surface area contributed by atoms with Gasteiger partial charge in [-0.25, -0.2) is 19.1 Å². The molecular weight excluding hydrogens is 613 g/mol. The average molecular weight is 647 g/mol. The molecule has 2 aliphatic rings. The molecule has 6 nitrogen and oxygen atoms in total. The van der Waals surface area contributed by atoms with Crippen molar-refractivity contribution < 1.29 is 9.13 Å². The highest BCUT2D eigenvalue weighted by molar-refractivity contribution is 6.00. The van der Waals surface area contributed by atoms with Crippen molar-refractivity contribution in [1.29, 1.82) is 0 Å². The second-order valence-corrected chi connectivity index (χ2v) is 12.8. The van der Waals surface area contributed by atoms with Crippen molar-refractivity contribution in [2.75, 3.05) is 0 Å². The first-order chi connectivity index (χ1) is 24.6. The number of pyridine rings is 2. The van der Waals surface area contributed by atoms with Gasteiger partial charge >= 0.3 is 0 Å². The Labute approximate surface area is 290 Å². The van der Waals surface area contributed by atoms with E-state index >= 15 is 0 Å². The molecule has 5 aromatic heterocycles. The number of aromatic nitrogens is 6. The van der Waals surface area contributed by atoms with E-state index in [1.165, 1.54) is 0 Å². The minimum absolute atomic E-state index is 0.871. The van der Waals surface area contributed by atoms with Gasteiger partial charge in [0.25, 0.3) is 0 Å². The molecule has 0 fully saturated rings. The Bertz CT molecular complexity index is 2520. The van der Waals surface area contributed by atoms with E-state index in [0.717, 1.165) is 89.4 Å². The van der Waals surface area contributed by atoms with Crippen LogP contribution in [-0.4, -0.2) is 19.9 Å². The van der Waals surface area contributed by atoms with Gasteiger partial charge in [0.1, 0.15) is 14.1 Å². The lowest BCUT2D eigenvalue weighted by molar-refractivity contribution is -0.671. The number of fused-ring (bicyclic) bond motifs is 8. The van der Waals surface area contributed by atoms with Crippen LogP contribution >= 0.6 is 0 Å². The molecular formula is C44H34N6+2. The third-order valence-electron chi connectivity index (χ3n) is 9.34. The number of aryl methyl sites for hydroxylation is 2. The van der Waals surface area contributed by atoms with Crippen LogP contribution in [0.25, 0.3) is 90.9 Å². The van der Waals surface area contributed by atoms with Crippen molar-refractivity contribution in [3.05, 3.63) is 157 Å². The number of benzene rings is 2. The molecule has 50 heavy (non-hydrogen) atoms. The molecule has 0 aliphatic carbocycles. The van der Waals surface area contributed by atoms with Gasteiger partial charge in [0, 0.05) is 62.0 Å². The number of aromatic amines is 2. The normalized spacial score (nSPS) is 12.0. The smallest absolute Gasteiger partial charge is 0.176 e. The molecule has 0 saturated carbocycles. The summed E-state index contributed by atoms with van der Waals surface area (Å²) in [5.41, 5.74) is 16.0. The highest BCUT2D eigenvalue weighted by Crippen LogP contribution is 2.38. The second-order valence-electron chi connectivity index (χ2n) is 12.8. The molecule has 0 atom stereocenters. The largest absolute Gasteiger partial charge is 0.354 e. The van der Waals surface area contributed by atoms with Crippen LogP contribution in [0.2, 0.25) is 0 Å². The lowest BCUT2D eigenvalue weighted by Crippen LogP contribution is -2.26. The maximum atomic E-state index is 5.36. The maximum absolute atomic E-state index is 5.36. The topological polar surface area (TPSA) is 65.1 Å². The van der Waals surface area contributed by atoms with E-state index in [0.29, 0.717) is 0 Å². The number of nitrogens with zero attached hydrogens (tertiary/aromatic N) is 4. The Morgan fingerprint density at radius 2 is 0.740 bits per heavy atom. The highest BCUT2D eigenvalue weighted by atomic mass is 14.9. The van der Waals surface area contributed by atoms with Crippen LogP contribution in [0.3, 0.4) is 0 Å². The molecule has 6 heteroatoms. The van der Waals surface area contributed by atoms with Gasteiger partial charge in [-0.15, -0.1) is 0 Å². The van der Waals surface area contributed by atoms with Crippen molar-refractivity contribution in [2.45, 2.75) is 0 Å². The van der Waals surface area contributed by atoms with Crippen LogP contribution in [0, 0.1) is 0 Å². The second kappa shape index (κ2) is 12.1. The first kappa shape index (κ1) is 29.5. The van der Waals surface area contributed by atoms with E-state index in [-0.39, 0.29) is 0 Å². The van der Waals surface area contributed by atoms with E-state index in [2.05, 4.69) is 166 Å². The molecule has 2 aliphatic heterocycles. The summed E-state index contributed by atoms with van der Waals surface area (Å²) in [6.07, 6.45) is 16.9. The fourth-order valence-electron chi connectivity index (χ4n) is 7.10. The maximum Gasteiger partial charge on any atom is 0.176 e. The third kappa shape index (κ3) is 5.24. The Kier molecular flexibility index (Phi) is 7.13. The van der Waals surface area contributed by atoms with E-state index in [9.17, 15) is 0 Å². The van der Waals surface area contributed by atoms with Crippen LogP contribution in [0.4, 0.5) is 0 Å². The average Bonchev–Trinajstić information content (AvgIpc) is 3.97. The van der Waals surface area contributed by atoms with Gasteiger partial charge in [-0.3, -0.25) is 0 Å². The van der Waals surface area contributed by atoms with Crippen molar-refractivity contribution in [3.8, 4) is 44.5 Å². The third-order valence-corrected chi connectivity index (χ3v) is 9.34. The number of hydrogen-bond donors (Lipinski definition) is 2. The van der Waals surface area contributed by atoms with Gasteiger partial charge in [-0.2, -0.15) is 0 Å². The number of nitrogens with one attached hydrogen (secondary N) is 2. The summed E-state index contributed by atoms with van der Waals surface area (Å²) in [4.78, 5) is 18.4. The standard InChI is InChI=1S/C44H34N6/c1-49-25-9-15-31(27-49)43-37-21-17-33(45-37)41(29-11-5-3-6-12-29)35-19-23-39(47-35)44(32-16-10-26-50(2)28-32)40-24-20-36(48-40)42(30-13-7-4-8-14-30)34-18-22-38(43)46-34/h3-28,45-46H,1-2H3/q+2. The van der Waals surface area contributed by atoms with Crippen LogP contribution in [0.5, 0.6) is 0 Å². The predicted molar refractivity (Wildman–Crippen MR) is 203 cm³/mol. The van der Waals surface area contributed by atoms with Crippen molar-refractivity contribution in [2.24, 2.45) is 14.1 Å². The van der Waals surface area contributed by atoms with Gasteiger partial charge in [0.05, 0.1) is 28.3 Å². The Morgan fingerprint density at radius 3 is 1.16 bits per heavy atom. The molecule has 0 radical (unpaired) electrons. The minimum Gasteiger partial charge on any atom is -0.354 e. The molecule has 9 rings (SSSR count). The number of hydrogen-bond acceptors (Lipinski definition) is 2. The molecule has 2 N–H and O–H groups in total. The van der Waals surface area contributed by atoms with Crippen molar-refractivity contribution in [1.82, 2.24) is 19.9 Å². The summed E-state index contributed by atoms with van der Waals surface area (Å²) in [5.74, 6) is 0. The monoisotopic (exact) mass is 646 g/mol. The molecule has 8 bridgehead atoms. The van der Waals surface area contributed by atoms with Crippen LogP contribution in [0.1, 0.15) is 22.8 Å². The zero-order valence-corrected chi connectivity index (χ0v) is 27.8. The lowest BCUT2D eigenvalue weighted by Gasteiger charge is -2.06. The molecule has 7 aromatic rings. The zero-order chi connectivity index (χ0) is 33.6. The van der Waals surface area contributed by atoms with Crippen molar-refractivity contribution in [3.63, 3.8) is 0 Å². The van der Waals surface area contributed by atoms with Gasteiger partial charge < -0.3 is 9.97 Å². The van der Waals surface area contributed by atoms with Gasteiger partial charge in [-0.1, -0.05) is 60.7 Å². The quantitative estimate of drug-likeness (QED) is 0.188. The first-order valence-corrected chi connectivity index (χ1v) is 16.8. The summed E-state index contributed by atoms with van der Waals surface area (Å²) in [6, 6.07) is 38.2. The Morgan fingerprint density at radius 1 is 0.380 bits per heavy atom. The fourth-order valence-corrected chi connectivity index (χ4v) is 7.10. The zero-order valence-electron chi connectivity index (χ0n) is 27.8. The van der Waals surface area contributed by atoms with Crippen LogP contribution < -0.4 is 9.13 Å². The van der Waals surface area contributed by atoms with E-state index in [1.807, 2.05) is 25.4 Å². The van der Waals surface area contributed by atoms with E-state index in [4.69, 9.17) is 9.97 Å². The summed E-state index contributed by atoms with van der Waals surface area (Å²) in [5, 5.41) is 0. The Balaban J connectivity index is 1.49. The summed E-state index contributed by atoms with van der Waals surface area (Å²) in [6.45, 7) is 0. The van der Waals surface area contributed by atoms with Gasteiger partial charge in [-0.05, 0) is 71.8 Å². The molecule has 7 heterocycles. The lowest BCUT2D eigenvalue weighted by atomic mass is 10.0. The number of H-pyrrole nitrogens is 2. The van der Waals surface area contributed by atoms with E-state index < -0.39 is 0 Å². The Hall–Kier alpha value is -6.66. The molecule has 2 aromatic carbocycles. The molecule has 0 spiro atoms. The highest BCUT2D eigenvalue weighted by Gasteiger charge is 2.20. The predicted octanol–water partition coefficient (Wildman–Crippen LogP) is 8.97. The SMILES string of the molecule is C[n+]1cccc(-c2c3nc(c(-c4ccccc4)c4ccc([nH]4)c(-c4ccc[n+](C)c4)c4ccc([nH]4)c(-c4ccccc4)c4nc2C=C4)C=C3)c1. The van der Waals surface area contributed by atoms with Crippen LogP contribution in [0.15, 0.2) is 134 Å². The first-order valence-electron chi connectivity index (χ1n) is 16.8. The fraction of sp³-hybridized carbons (Fsp3) is 0.0455.